The zero-order valence-electron chi connectivity index (χ0n) is 18.9. The zero-order valence-corrected chi connectivity index (χ0v) is 19.7. The van der Waals surface area contributed by atoms with Gasteiger partial charge in [0.2, 0.25) is 0 Å². The minimum Gasteiger partial charge on any atom is -0.465 e. The molecule has 1 heterocycles. The number of aryl methyl sites for hydroxylation is 1. The fourth-order valence-corrected chi connectivity index (χ4v) is 4.61. The maximum absolute atomic E-state index is 12.1. The van der Waals surface area contributed by atoms with Gasteiger partial charge < -0.3 is 19.8 Å². The van der Waals surface area contributed by atoms with Crippen LogP contribution in [-0.2, 0) is 16.0 Å². The van der Waals surface area contributed by atoms with Gasteiger partial charge in [0.15, 0.2) is 5.79 Å². The van der Waals surface area contributed by atoms with E-state index in [0.29, 0.717) is 50.6 Å². The second kappa shape index (κ2) is 12.6. The third-order valence-electron chi connectivity index (χ3n) is 5.89. The molecule has 1 aliphatic rings. The van der Waals surface area contributed by atoms with Crippen molar-refractivity contribution in [2.75, 3.05) is 30.3 Å². The molecule has 1 saturated heterocycles. The number of benzene rings is 1. The molecule has 1 aliphatic heterocycles. The van der Waals surface area contributed by atoms with E-state index in [1.54, 1.807) is 11.8 Å². The summed E-state index contributed by atoms with van der Waals surface area (Å²) >= 11 is 1.68. The number of carbonyl (C=O) groups is 1. The molecule has 0 radical (unpaired) electrons. The van der Waals surface area contributed by atoms with Gasteiger partial charge in [0.1, 0.15) is 0 Å². The van der Waals surface area contributed by atoms with Crippen LogP contribution < -0.4 is 4.90 Å². The molecule has 0 aliphatic carbocycles. The summed E-state index contributed by atoms with van der Waals surface area (Å²) in [6.45, 7) is 8.29. The Morgan fingerprint density at radius 3 is 2.57 bits per heavy atom. The monoisotopic (exact) mass is 437 g/mol. The van der Waals surface area contributed by atoms with Crippen molar-refractivity contribution >= 4 is 23.4 Å². The van der Waals surface area contributed by atoms with Crippen molar-refractivity contribution in [3.8, 4) is 0 Å². The Morgan fingerprint density at radius 2 is 1.93 bits per heavy atom. The van der Waals surface area contributed by atoms with E-state index in [-0.39, 0.29) is 5.97 Å². The van der Waals surface area contributed by atoms with Crippen LogP contribution in [-0.4, -0.2) is 47.4 Å². The van der Waals surface area contributed by atoms with Gasteiger partial charge in [0, 0.05) is 42.3 Å². The van der Waals surface area contributed by atoms with Crippen LogP contribution in [0, 0.1) is 5.92 Å². The number of unbranched alkanes of at least 4 members (excludes halogenated alkanes) is 1. The second-order valence-electron chi connectivity index (χ2n) is 8.36. The summed E-state index contributed by atoms with van der Waals surface area (Å²) in [6, 6.07) is 6.51. The molecule has 30 heavy (non-hydrogen) atoms. The van der Waals surface area contributed by atoms with Crippen molar-refractivity contribution in [3.63, 3.8) is 0 Å². The minimum atomic E-state index is -1.54. The van der Waals surface area contributed by atoms with Gasteiger partial charge in [-0.2, -0.15) is 0 Å². The highest BCUT2D eigenvalue weighted by Crippen LogP contribution is 2.30. The molecule has 1 aromatic carbocycles. The van der Waals surface area contributed by atoms with E-state index in [9.17, 15) is 15.0 Å². The first-order valence-electron chi connectivity index (χ1n) is 11.5. The molecule has 0 bridgehead atoms. The number of anilines is 1. The van der Waals surface area contributed by atoms with E-state index in [1.165, 1.54) is 18.4 Å². The lowest BCUT2D eigenvalue weighted by atomic mass is 10.0. The highest BCUT2D eigenvalue weighted by molar-refractivity contribution is 7.99. The largest absolute Gasteiger partial charge is 0.465 e. The molecule has 0 aromatic heterocycles. The molecule has 0 spiro atoms. The molecule has 0 amide bonds. The van der Waals surface area contributed by atoms with Crippen molar-refractivity contribution in [3.05, 3.63) is 23.8 Å². The van der Waals surface area contributed by atoms with Gasteiger partial charge in [0.05, 0.1) is 13.0 Å². The maximum atomic E-state index is 12.1. The number of hydrogen-bond donors (Lipinski definition) is 2. The number of aliphatic hydroxyl groups is 2. The Bertz CT molecular complexity index is 655. The van der Waals surface area contributed by atoms with Crippen molar-refractivity contribution < 1.29 is 19.7 Å². The van der Waals surface area contributed by atoms with Gasteiger partial charge in [0.25, 0.3) is 0 Å². The molecule has 1 aromatic rings. The van der Waals surface area contributed by atoms with Crippen molar-refractivity contribution in [2.24, 2.45) is 5.92 Å². The molecule has 1 fully saturated rings. The smallest absolute Gasteiger partial charge is 0.306 e. The number of ether oxygens (including phenoxy) is 1. The van der Waals surface area contributed by atoms with E-state index < -0.39 is 5.79 Å². The highest BCUT2D eigenvalue weighted by atomic mass is 32.2. The van der Waals surface area contributed by atoms with Gasteiger partial charge in [-0.05, 0) is 42.5 Å². The van der Waals surface area contributed by atoms with Crippen LogP contribution in [0.4, 0.5) is 5.69 Å². The van der Waals surface area contributed by atoms with Crippen LogP contribution >= 0.6 is 11.8 Å². The Kier molecular flexibility index (Phi) is 10.5. The summed E-state index contributed by atoms with van der Waals surface area (Å²) in [5.41, 5.74) is 2.38. The lowest BCUT2D eigenvalue weighted by molar-refractivity contribution is -0.172. The number of nitrogens with zero attached hydrogens (tertiary/aromatic N) is 1. The van der Waals surface area contributed by atoms with Gasteiger partial charge in [-0.25, -0.2) is 0 Å². The number of hydrogen-bond acceptors (Lipinski definition) is 6. The molecule has 170 valence electrons. The summed E-state index contributed by atoms with van der Waals surface area (Å²) in [5.74, 6) is -0.466. The van der Waals surface area contributed by atoms with E-state index in [0.717, 1.165) is 29.8 Å². The molecule has 0 saturated carbocycles. The molecule has 2 rings (SSSR count). The van der Waals surface area contributed by atoms with Crippen LogP contribution in [0.25, 0.3) is 0 Å². The first-order valence-corrected chi connectivity index (χ1v) is 12.5. The topological polar surface area (TPSA) is 70.0 Å². The lowest BCUT2D eigenvalue weighted by Crippen LogP contribution is -2.44. The zero-order chi connectivity index (χ0) is 22.0. The predicted molar refractivity (Wildman–Crippen MR) is 124 cm³/mol. The maximum Gasteiger partial charge on any atom is 0.306 e. The van der Waals surface area contributed by atoms with E-state index >= 15 is 0 Å². The predicted octanol–water partition coefficient (Wildman–Crippen LogP) is 4.77. The van der Waals surface area contributed by atoms with Gasteiger partial charge >= 0.3 is 5.97 Å². The van der Waals surface area contributed by atoms with E-state index in [2.05, 4.69) is 43.9 Å². The normalized spacial score (nSPS) is 17.0. The van der Waals surface area contributed by atoms with Crippen LogP contribution in [0.1, 0.15) is 71.3 Å². The summed E-state index contributed by atoms with van der Waals surface area (Å²) in [6.07, 6.45) is 6.63. The van der Waals surface area contributed by atoms with Gasteiger partial charge in [-0.15, -0.1) is 11.8 Å². The summed E-state index contributed by atoms with van der Waals surface area (Å²) in [4.78, 5) is 15.5. The first kappa shape index (κ1) is 25.0. The highest BCUT2D eigenvalue weighted by Gasteiger charge is 2.29. The fraction of sp³-hybridized carbons (Fsp3) is 0.708. The lowest BCUT2D eigenvalue weighted by Gasteiger charge is -2.36. The third kappa shape index (κ3) is 8.48. The van der Waals surface area contributed by atoms with Crippen LogP contribution in [0.15, 0.2) is 23.1 Å². The number of esters is 1. The summed E-state index contributed by atoms with van der Waals surface area (Å²) in [7, 11) is 0. The van der Waals surface area contributed by atoms with Gasteiger partial charge in [-0.3, -0.25) is 4.79 Å². The van der Waals surface area contributed by atoms with Crippen molar-refractivity contribution in [1.29, 1.82) is 0 Å². The number of thioether (sulfide) groups is 1. The molecule has 1 unspecified atom stereocenters. The molecular formula is C24H39NO4S. The van der Waals surface area contributed by atoms with Crippen LogP contribution in [0.3, 0.4) is 0 Å². The van der Waals surface area contributed by atoms with E-state index in [1.807, 2.05) is 0 Å². The molecule has 5 nitrogen and oxygen atoms in total. The van der Waals surface area contributed by atoms with Gasteiger partial charge in [-0.1, -0.05) is 40.0 Å². The molecule has 6 heteroatoms. The summed E-state index contributed by atoms with van der Waals surface area (Å²) < 4.78 is 5.51. The van der Waals surface area contributed by atoms with Crippen molar-refractivity contribution in [2.45, 2.75) is 82.8 Å². The fourth-order valence-electron chi connectivity index (χ4n) is 3.67. The quantitative estimate of drug-likeness (QED) is 0.279. The SMILES string of the molecule is CCCCC(CC)COC(=O)CCSc1cc(CC)cc(N2CCC(O)(O)CC2)c1. The first-order chi connectivity index (χ1) is 14.4. The Balaban J connectivity index is 1.84. The number of rotatable bonds is 12. The number of piperidine rings is 1. The third-order valence-corrected chi connectivity index (χ3v) is 6.86. The number of carbonyl (C=O) groups excluding carboxylic acids is 1. The minimum absolute atomic E-state index is 0.109. The Morgan fingerprint density at radius 1 is 1.20 bits per heavy atom. The standard InChI is InChI=1S/C24H39NO4S/c1-4-7-8-19(5-2)18-29-23(26)9-14-30-22-16-20(6-3)15-21(17-22)25-12-10-24(27,28)11-13-25/h15-17,19,27-28H,4-14,18H2,1-3H3. The molecule has 1 atom stereocenters. The summed E-state index contributed by atoms with van der Waals surface area (Å²) in [5, 5.41) is 19.6. The molecule has 2 N–H and O–H groups in total. The average Bonchev–Trinajstić information content (AvgIpc) is 2.73. The average molecular weight is 438 g/mol. The van der Waals surface area contributed by atoms with Crippen molar-refractivity contribution in [1.82, 2.24) is 0 Å². The second-order valence-corrected chi connectivity index (χ2v) is 9.52. The Hall–Kier alpha value is -1.24. The van der Waals surface area contributed by atoms with E-state index in [4.69, 9.17) is 4.74 Å². The Labute approximate surface area is 186 Å². The van der Waals surface area contributed by atoms with Crippen LogP contribution in [0.2, 0.25) is 0 Å². The molecular weight excluding hydrogens is 398 g/mol. The van der Waals surface area contributed by atoms with Crippen LogP contribution in [0.5, 0.6) is 0 Å².